The van der Waals surface area contributed by atoms with Gasteiger partial charge < -0.3 is 10.8 Å². The van der Waals surface area contributed by atoms with E-state index in [-0.39, 0.29) is 11.2 Å². The molecule has 0 amide bonds. The smallest absolute Gasteiger partial charge is 0.159 e. The Morgan fingerprint density at radius 2 is 1.48 bits per heavy atom. The normalized spacial score (nSPS) is 11.5. The lowest BCUT2D eigenvalue weighted by molar-refractivity contribution is 0.477. The number of nitrogens with zero attached hydrogens (tertiary/aromatic N) is 2. The van der Waals surface area contributed by atoms with Crippen LogP contribution in [0, 0.1) is 0 Å². The molecule has 3 aromatic carbocycles. The molecule has 0 aliphatic rings. The Bertz CT molecular complexity index is 1230. The van der Waals surface area contributed by atoms with Gasteiger partial charge in [0.1, 0.15) is 5.75 Å². The number of halogens is 1. The largest absolute Gasteiger partial charge is 0.507 e. The van der Waals surface area contributed by atoms with Crippen molar-refractivity contribution in [2.45, 2.75) is 26.2 Å². The minimum Gasteiger partial charge on any atom is -0.507 e. The van der Waals surface area contributed by atoms with Crippen molar-refractivity contribution >= 4 is 17.3 Å². The van der Waals surface area contributed by atoms with Crippen LogP contribution in [-0.2, 0) is 5.41 Å². The molecule has 5 heteroatoms. The second-order valence-electron chi connectivity index (χ2n) is 8.57. The third kappa shape index (κ3) is 4.39. The summed E-state index contributed by atoms with van der Waals surface area (Å²) in [5.41, 5.74) is 11.6. The molecule has 0 spiro atoms. The van der Waals surface area contributed by atoms with E-state index < -0.39 is 0 Å². The molecule has 4 rings (SSSR count). The molecule has 156 valence electrons. The Kier molecular flexibility index (Phi) is 5.42. The summed E-state index contributed by atoms with van der Waals surface area (Å²) >= 11 is 6.24. The third-order valence-electron chi connectivity index (χ3n) is 5.23. The molecule has 4 nitrogen and oxygen atoms in total. The molecular formula is C26H24ClN3O. The van der Waals surface area contributed by atoms with E-state index in [1.54, 1.807) is 24.4 Å². The number of aromatic hydroxyl groups is 1. The van der Waals surface area contributed by atoms with Crippen molar-refractivity contribution in [3.63, 3.8) is 0 Å². The lowest BCUT2D eigenvalue weighted by Gasteiger charge is -2.19. The summed E-state index contributed by atoms with van der Waals surface area (Å²) in [5.74, 6) is 0.656. The van der Waals surface area contributed by atoms with Crippen LogP contribution >= 0.6 is 11.6 Å². The standard InChI is InChI=1S/C26H24ClN3O/c1-26(2,3)18-8-4-16(5-9-18)22-15-29-25(17-6-11-20(28)12-7-17)30-24(22)21-14-19(27)10-13-23(21)31/h4-15,31H,28H2,1-3H3. The number of phenolic OH excluding ortho intramolecular Hbond substituents is 1. The quantitative estimate of drug-likeness (QED) is 0.355. The number of phenols is 1. The van der Waals surface area contributed by atoms with Gasteiger partial charge in [-0.2, -0.15) is 0 Å². The summed E-state index contributed by atoms with van der Waals surface area (Å²) in [5, 5.41) is 11.1. The van der Waals surface area contributed by atoms with Crippen molar-refractivity contribution in [2.75, 3.05) is 5.73 Å². The number of aromatic nitrogens is 2. The Hall–Kier alpha value is -3.37. The van der Waals surface area contributed by atoms with Gasteiger partial charge in [-0.15, -0.1) is 0 Å². The highest BCUT2D eigenvalue weighted by Crippen LogP contribution is 2.38. The van der Waals surface area contributed by atoms with E-state index in [1.807, 2.05) is 24.3 Å². The number of hydrogen-bond acceptors (Lipinski definition) is 4. The number of anilines is 1. The zero-order chi connectivity index (χ0) is 22.2. The molecule has 0 radical (unpaired) electrons. The molecule has 0 saturated carbocycles. The number of nitrogens with two attached hydrogens (primary N) is 1. The molecule has 0 aliphatic heterocycles. The lowest BCUT2D eigenvalue weighted by Crippen LogP contribution is -2.10. The summed E-state index contributed by atoms with van der Waals surface area (Å²) in [7, 11) is 0. The molecule has 3 N–H and O–H groups in total. The number of rotatable bonds is 3. The Labute approximate surface area is 187 Å². The Balaban J connectivity index is 1.90. The maximum absolute atomic E-state index is 10.6. The van der Waals surface area contributed by atoms with E-state index in [9.17, 15) is 5.11 Å². The minimum absolute atomic E-state index is 0.0576. The fourth-order valence-electron chi connectivity index (χ4n) is 3.42. The second-order valence-corrected chi connectivity index (χ2v) is 9.00. The molecule has 0 bridgehead atoms. The molecular weight excluding hydrogens is 406 g/mol. The predicted octanol–water partition coefficient (Wildman–Crippen LogP) is 6.72. The fourth-order valence-corrected chi connectivity index (χ4v) is 3.59. The fraction of sp³-hybridized carbons (Fsp3) is 0.154. The van der Waals surface area contributed by atoms with Crippen LogP contribution < -0.4 is 5.73 Å². The molecule has 0 aliphatic carbocycles. The molecule has 0 unspecified atom stereocenters. The second kappa shape index (κ2) is 8.05. The zero-order valence-corrected chi connectivity index (χ0v) is 18.5. The lowest BCUT2D eigenvalue weighted by atomic mass is 9.86. The van der Waals surface area contributed by atoms with Gasteiger partial charge in [-0.1, -0.05) is 56.6 Å². The molecule has 31 heavy (non-hydrogen) atoms. The van der Waals surface area contributed by atoms with Gasteiger partial charge in [0.25, 0.3) is 0 Å². The Morgan fingerprint density at radius 3 is 2.13 bits per heavy atom. The maximum Gasteiger partial charge on any atom is 0.159 e. The van der Waals surface area contributed by atoms with Gasteiger partial charge in [0.05, 0.1) is 5.69 Å². The maximum atomic E-state index is 10.6. The summed E-state index contributed by atoms with van der Waals surface area (Å²) in [6, 6.07) is 20.7. The number of nitrogen functional groups attached to an aromatic ring is 1. The van der Waals surface area contributed by atoms with E-state index in [1.165, 1.54) is 5.56 Å². The first-order chi connectivity index (χ1) is 14.7. The van der Waals surface area contributed by atoms with E-state index in [0.29, 0.717) is 27.8 Å². The van der Waals surface area contributed by atoms with Gasteiger partial charge in [0.15, 0.2) is 5.82 Å². The van der Waals surface area contributed by atoms with Crippen molar-refractivity contribution < 1.29 is 5.11 Å². The van der Waals surface area contributed by atoms with Gasteiger partial charge in [0, 0.05) is 33.6 Å². The zero-order valence-electron chi connectivity index (χ0n) is 17.7. The van der Waals surface area contributed by atoms with Gasteiger partial charge in [0.2, 0.25) is 0 Å². The van der Waals surface area contributed by atoms with E-state index in [2.05, 4.69) is 50.0 Å². The first-order valence-electron chi connectivity index (χ1n) is 10.0. The molecule has 4 aromatic rings. The molecule has 0 saturated heterocycles. The summed E-state index contributed by atoms with van der Waals surface area (Å²) in [4.78, 5) is 9.42. The van der Waals surface area contributed by atoms with Crippen LogP contribution in [0.2, 0.25) is 5.02 Å². The van der Waals surface area contributed by atoms with Gasteiger partial charge in [-0.25, -0.2) is 9.97 Å². The van der Waals surface area contributed by atoms with Crippen LogP contribution in [0.15, 0.2) is 72.9 Å². The van der Waals surface area contributed by atoms with Crippen LogP contribution in [0.4, 0.5) is 5.69 Å². The van der Waals surface area contributed by atoms with Crippen molar-refractivity contribution in [1.29, 1.82) is 0 Å². The number of hydrogen-bond donors (Lipinski definition) is 2. The van der Waals surface area contributed by atoms with E-state index in [4.69, 9.17) is 22.3 Å². The molecule has 0 atom stereocenters. The predicted molar refractivity (Wildman–Crippen MR) is 128 cm³/mol. The van der Waals surface area contributed by atoms with E-state index >= 15 is 0 Å². The van der Waals surface area contributed by atoms with Crippen molar-refractivity contribution in [2.24, 2.45) is 0 Å². The Morgan fingerprint density at radius 1 is 0.839 bits per heavy atom. The first kappa shape index (κ1) is 20.9. The van der Waals surface area contributed by atoms with Gasteiger partial charge in [-0.05, 0) is 59.0 Å². The molecule has 0 fully saturated rings. The summed E-state index contributed by atoms with van der Waals surface area (Å²) in [6.45, 7) is 6.55. The average molecular weight is 430 g/mol. The summed E-state index contributed by atoms with van der Waals surface area (Å²) in [6.07, 6.45) is 1.79. The third-order valence-corrected chi connectivity index (χ3v) is 5.47. The highest BCUT2D eigenvalue weighted by molar-refractivity contribution is 6.31. The minimum atomic E-state index is 0.0576. The molecule has 1 heterocycles. The van der Waals surface area contributed by atoms with Crippen molar-refractivity contribution in [1.82, 2.24) is 9.97 Å². The van der Waals surface area contributed by atoms with Crippen LogP contribution in [0.25, 0.3) is 33.8 Å². The molecule has 1 aromatic heterocycles. The van der Waals surface area contributed by atoms with Gasteiger partial charge >= 0.3 is 0 Å². The van der Waals surface area contributed by atoms with Crippen LogP contribution in [-0.4, -0.2) is 15.1 Å². The highest BCUT2D eigenvalue weighted by atomic mass is 35.5. The summed E-state index contributed by atoms with van der Waals surface area (Å²) < 4.78 is 0. The monoisotopic (exact) mass is 429 g/mol. The highest BCUT2D eigenvalue weighted by Gasteiger charge is 2.18. The number of benzene rings is 3. The van der Waals surface area contributed by atoms with E-state index in [0.717, 1.165) is 16.7 Å². The van der Waals surface area contributed by atoms with Crippen molar-refractivity contribution in [3.8, 4) is 39.5 Å². The van der Waals surface area contributed by atoms with Gasteiger partial charge in [-0.3, -0.25) is 0 Å². The topological polar surface area (TPSA) is 72.0 Å². The average Bonchev–Trinajstić information content (AvgIpc) is 2.75. The van der Waals surface area contributed by atoms with Crippen LogP contribution in [0.3, 0.4) is 0 Å². The first-order valence-corrected chi connectivity index (χ1v) is 10.4. The van der Waals surface area contributed by atoms with Crippen molar-refractivity contribution in [3.05, 3.63) is 83.5 Å². The van der Waals surface area contributed by atoms with Crippen LogP contribution in [0.1, 0.15) is 26.3 Å². The SMILES string of the molecule is CC(C)(C)c1ccc(-c2cnc(-c3ccc(N)cc3)nc2-c2cc(Cl)ccc2O)cc1. The van der Waals surface area contributed by atoms with Crippen LogP contribution in [0.5, 0.6) is 5.75 Å².